The van der Waals surface area contributed by atoms with Gasteiger partial charge in [-0.3, -0.25) is 0 Å². The van der Waals surface area contributed by atoms with Crippen molar-refractivity contribution in [2.24, 2.45) is 10.2 Å². The molecule has 2 N–H and O–H groups in total. The van der Waals surface area contributed by atoms with Gasteiger partial charge in [0.05, 0.1) is 23.7 Å². The summed E-state index contributed by atoms with van der Waals surface area (Å²) < 4.78 is 43.8. The summed E-state index contributed by atoms with van der Waals surface area (Å²) in [5, 5.41) is 31.5. The van der Waals surface area contributed by atoms with Gasteiger partial charge in [-0.1, -0.05) is 30.4 Å². The van der Waals surface area contributed by atoms with Crippen molar-refractivity contribution < 1.29 is 23.0 Å². The summed E-state index contributed by atoms with van der Waals surface area (Å²) in [5.41, 5.74) is 2.14. The number of aromatic hydroxyl groups is 1. The third-order valence-corrected chi connectivity index (χ3v) is 5.39. The number of nitriles is 1. The van der Waals surface area contributed by atoms with Crippen molar-refractivity contribution in [2.45, 2.75) is 25.7 Å². The molecule has 0 amide bonds. The summed E-state index contributed by atoms with van der Waals surface area (Å²) in [5.74, 6) is -0.820. The van der Waals surface area contributed by atoms with Crippen molar-refractivity contribution in [2.75, 3.05) is 0 Å². The number of alkyl halides is 3. The largest absolute Gasteiger partial charge is 0.573 e. The second-order valence-electron chi connectivity index (χ2n) is 7.54. The topological polar surface area (TPSA) is 94.9 Å². The predicted octanol–water partition coefficient (Wildman–Crippen LogP) is 6.36. The van der Waals surface area contributed by atoms with Crippen molar-refractivity contribution in [3.05, 3.63) is 77.5 Å². The standard InChI is InChI=1S/C24H18F3N5O2S/c25-24(26,27)34-18-10-11-20-19(12-18)21(30-31-23(35)29-17-8-2-1-3-9-17)22(33)32(20)14-16-7-5-4-6-15(16)13-28/h1-2,4-8,10-12,33H,3,9,14H2,(H,29,35). The van der Waals surface area contributed by atoms with E-state index in [1.807, 2.05) is 18.2 Å². The van der Waals surface area contributed by atoms with Gasteiger partial charge in [0.15, 0.2) is 5.69 Å². The van der Waals surface area contributed by atoms with Crippen LogP contribution in [0.5, 0.6) is 11.6 Å². The molecule has 0 spiro atoms. The van der Waals surface area contributed by atoms with Gasteiger partial charge in [0.2, 0.25) is 11.0 Å². The molecule has 0 radical (unpaired) electrons. The molecular formula is C24H18F3N5O2S. The van der Waals surface area contributed by atoms with Crippen LogP contribution in [0.1, 0.15) is 24.0 Å². The molecular weight excluding hydrogens is 479 g/mol. The molecule has 0 fully saturated rings. The summed E-state index contributed by atoms with van der Waals surface area (Å²) in [6.45, 7) is 0.0724. The van der Waals surface area contributed by atoms with E-state index in [-0.39, 0.29) is 28.6 Å². The van der Waals surface area contributed by atoms with E-state index in [2.05, 4.69) is 26.4 Å². The Bertz CT molecular complexity index is 1420. The van der Waals surface area contributed by atoms with Gasteiger partial charge in [-0.15, -0.1) is 23.4 Å². The van der Waals surface area contributed by atoms with Gasteiger partial charge in [-0.25, -0.2) is 0 Å². The van der Waals surface area contributed by atoms with E-state index in [1.165, 1.54) is 10.6 Å². The van der Waals surface area contributed by atoms with Crippen LogP contribution in [0.2, 0.25) is 0 Å². The SMILES string of the molecule is N#Cc1ccccc1Cn1c(O)c(N=NC(=S)NC2=CC=CCC2)c2cc(OC(F)(F)F)ccc21. The average molecular weight is 498 g/mol. The lowest BCUT2D eigenvalue weighted by atomic mass is 10.1. The molecule has 1 aliphatic rings. The number of aromatic nitrogens is 1. The minimum atomic E-state index is -4.89. The summed E-state index contributed by atoms with van der Waals surface area (Å²) in [6.07, 6.45) is 2.44. The average Bonchev–Trinajstić information content (AvgIpc) is 3.07. The van der Waals surface area contributed by atoms with Crippen LogP contribution in [0.25, 0.3) is 10.9 Å². The Morgan fingerprint density at radius 2 is 2.06 bits per heavy atom. The zero-order valence-corrected chi connectivity index (χ0v) is 18.9. The predicted molar refractivity (Wildman–Crippen MR) is 127 cm³/mol. The Hall–Kier alpha value is -4.17. The molecule has 3 aromatic rings. The van der Waals surface area contributed by atoms with E-state index in [0.717, 1.165) is 30.7 Å². The monoisotopic (exact) mass is 497 g/mol. The maximum atomic E-state index is 12.8. The van der Waals surface area contributed by atoms with Crippen molar-refractivity contribution in [3.8, 4) is 17.7 Å². The van der Waals surface area contributed by atoms with Crippen LogP contribution in [0, 0.1) is 11.3 Å². The zero-order valence-electron chi connectivity index (χ0n) is 18.1. The smallest absolute Gasteiger partial charge is 0.493 e. The quantitative estimate of drug-likeness (QED) is 0.316. The second kappa shape index (κ2) is 9.99. The molecule has 1 aliphatic carbocycles. The van der Waals surface area contributed by atoms with Crippen LogP contribution < -0.4 is 10.1 Å². The van der Waals surface area contributed by atoms with E-state index in [0.29, 0.717) is 16.6 Å². The first kappa shape index (κ1) is 24.0. The van der Waals surface area contributed by atoms with Crippen LogP contribution in [0.3, 0.4) is 0 Å². The third kappa shape index (κ3) is 5.67. The van der Waals surface area contributed by atoms with E-state index in [4.69, 9.17) is 12.2 Å². The molecule has 1 aromatic heterocycles. The molecule has 0 bridgehead atoms. The Kier molecular flexibility index (Phi) is 6.84. The lowest BCUT2D eigenvalue weighted by molar-refractivity contribution is -0.274. The highest BCUT2D eigenvalue weighted by molar-refractivity contribution is 7.80. The van der Waals surface area contributed by atoms with Crippen molar-refractivity contribution >= 4 is 33.9 Å². The molecule has 11 heteroatoms. The fourth-order valence-corrected chi connectivity index (χ4v) is 3.83. The minimum absolute atomic E-state index is 0.0318. The Labute approximate surface area is 203 Å². The van der Waals surface area contributed by atoms with Crippen molar-refractivity contribution in [3.63, 3.8) is 0 Å². The number of halogens is 3. The second-order valence-corrected chi connectivity index (χ2v) is 7.93. The molecule has 2 aromatic carbocycles. The first-order chi connectivity index (χ1) is 16.7. The number of hydrogen-bond acceptors (Lipinski definition) is 5. The highest BCUT2D eigenvalue weighted by Gasteiger charge is 2.31. The fourth-order valence-electron chi connectivity index (χ4n) is 3.66. The molecule has 4 rings (SSSR count). The Morgan fingerprint density at radius 3 is 2.77 bits per heavy atom. The highest BCUT2D eigenvalue weighted by atomic mass is 32.1. The third-order valence-electron chi connectivity index (χ3n) is 5.20. The molecule has 7 nitrogen and oxygen atoms in total. The van der Waals surface area contributed by atoms with E-state index >= 15 is 0 Å². The van der Waals surface area contributed by atoms with E-state index in [1.54, 1.807) is 24.3 Å². The molecule has 0 aliphatic heterocycles. The molecule has 0 atom stereocenters. The molecule has 178 valence electrons. The number of allylic oxidation sites excluding steroid dienone is 4. The molecule has 35 heavy (non-hydrogen) atoms. The maximum absolute atomic E-state index is 12.8. The first-order valence-electron chi connectivity index (χ1n) is 10.4. The summed E-state index contributed by atoms with van der Waals surface area (Å²) >= 11 is 5.21. The van der Waals surface area contributed by atoms with Gasteiger partial charge in [-0.05, 0) is 61.0 Å². The number of fused-ring (bicyclic) bond motifs is 1. The van der Waals surface area contributed by atoms with Crippen LogP contribution in [0.4, 0.5) is 18.9 Å². The van der Waals surface area contributed by atoms with Crippen LogP contribution >= 0.6 is 12.2 Å². The normalized spacial score (nSPS) is 13.6. The van der Waals surface area contributed by atoms with E-state index < -0.39 is 12.1 Å². The van der Waals surface area contributed by atoms with Gasteiger partial charge in [0, 0.05) is 11.1 Å². The Balaban J connectivity index is 1.75. The number of ether oxygens (including phenoxy) is 1. The summed E-state index contributed by atoms with van der Waals surface area (Å²) in [7, 11) is 0. The minimum Gasteiger partial charge on any atom is -0.493 e. The highest BCUT2D eigenvalue weighted by Crippen LogP contribution is 2.41. The number of benzene rings is 2. The maximum Gasteiger partial charge on any atom is 0.573 e. The molecule has 0 unspecified atom stereocenters. The van der Waals surface area contributed by atoms with Crippen molar-refractivity contribution in [1.29, 1.82) is 5.26 Å². The zero-order chi connectivity index (χ0) is 25.0. The van der Waals surface area contributed by atoms with Gasteiger partial charge in [-0.2, -0.15) is 5.26 Å². The number of thiocarbonyl (C=S) groups is 1. The van der Waals surface area contributed by atoms with Crippen molar-refractivity contribution in [1.82, 2.24) is 9.88 Å². The Morgan fingerprint density at radius 1 is 1.26 bits per heavy atom. The van der Waals surface area contributed by atoms with Gasteiger partial charge >= 0.3 is 6.36 Å². The number of nitrogens with zero attached hydrogens (tertiary/aromatic N) is 4. The summed E-state index contributed by atoms with van der Waals surface area (Å²) in [4.78, 5) is 0. The fraction of sp³-hybridized carbons (Fsp3) is 0.167. The van der Waals surface area contributed by atoms with Crippen LogP contribution in [-0.2, 0) is 6.54 Å². The number of azo groups is 1. The molecule has 0 saturated carbocycles. The number of nitrogens with one attached hydrogen (secondary N) is 1. The molecule has 0 saturated heterocycles. The lowest BCUT2D eigenvalue weighted by Crippen LogP contribution is -2.18. The first-order valence-corrected chi connectivity index (χ1v) is 10.8. The number of hydrogen-bond donors (Lipinski definition) is 2. The van der Waals surface area contributed by atoms with Crippen LogP contribution in [0.15, 0.2) is 76.6 Å². The molecule has 1 heterocycles. The number of rotatable bonds is 5. The van der Waals surface area contributed by atoms with Gasteiger partial charge in [0.25, 0.3) is 0 Å². The van der Waals surface area contributed by atoms with Gasteiger partial charge in [0.1, 0.15) is 5.75 Å². The van der Waals surface area contributed by atoms with E-state index in [9.17, 15) is 23.5 Å². The summed E-state index contributed by atoms with van der Waals surface area (Å²) in [6, 6.07) is 12.5. The van der Waals surface area contributed by atoms with Crippen LogP contribution in [-0.4, -0.2) is 21.1 Å². The lowest BCUT2D eigenvalue weighted by Gasteiger charge is -2.10. The van der Waals surface area contributed by atoms with Gasteiger partial charge < -0.3 is 19.7 Å².